The number of halogens is 1. The molecule has 4 heterocycles. The highest BCUT2D eigenvalue weighted by Gasteiger charge is 2.47. The van der Waals surface area contributed by atoms with Crippen LogP contribution in [0.5, 0.6) is 0 Å². The number of fused-ring (bicyclic) bond motifs is 7. The van der Waals surface area contributed by atoms with Crippen molar-refractivity contribution in [3.63, 3.8) is 0 Å². The summed E-state index contributed by atoms with van der Waals surface area (Å²) in [5.41, 5.74) is 4.74. The molecule has 0 N–H and O–H groups in total. The molecule has 3 aromatic rings. The van der Waals surface area contributed by atoms with E-state index >= 15 is 0 Å². The zero-order chi connectivity index (χ0) is 33.3. The molecule has 0 radical (unpaired) electrons. The molecule has 0 bridgehead atoms. The first-order chi connectivity index (χ1) is 23.1. The van der Waals surface area contributed by atoms with Gasteiger partial charge >= 0.3 is 6.09 Å². The second-order valence-corrected chi connectivity index (χ2v) is 17.5. The Morgan fingerprint density at radius 2 is 1.60 bits per heavy atom. The Bertz CT molecular complexity index is 1760. The average molecular weight is 716 g/mol. The fraction of sp³-hybridized carbons (Fsp3) is 0.625. The number of rotatable bonds is 2. The molecule has 48 heavy (non-hydrogen) atoms. The van der Waals surface area contributed by atoms with Crippen molar-refractivity contribution in [1.29, 1.82) is 0 Å². The predicted octanol–water partition coefficient (Wildman–Crippen LogP) is 8.85. The number of nitrogens with zero attached hydrogens (tertiary/aromatic N) is 4. The molecule has 1 aromatic heterocycles. The van der Waals surface area contributed by atoms with Gasteiger partial charge in [-0.1, -0.05) is 37.5 Å². The zero-order valence-corrected chi connectivity index (χ0v) is 30.6. The van der Waals surface area contributed by atoms with Crippen LogP contribution in [0.4, 0.5) is 4.79 Å². The van der Waals surface area contributed by atoms with Gasteiger partial charge in [-0.25, -0.2) is 4.79 Å². The smallest absolute Gasteiger partial charge is 0.410 e. The van der Waals surface area contributed by atoms with E-state index < -0.39 is 5.60 Å². The summed E-state index contributed by atoms with van der Waals surface area (Å²) in [5.74, 6) is 1.53. The summed E-state index contributed by atoms with van der Waals surface area (Å²) in [4.78, 5) is 35.6. The summed E-state index contributed by atoms with van der Waals surface area (Å²) in [6.07, 6.45) is 15.4. The molecule has 4 fully saturated rings. The van der Waals surface area contributed by atoms with Gasteiger partial charge in [0.05, 0.1) is 22.0 Å². The van der Waals surface area contributed by atoms with Crippen LogP contribution in [0.2, 0.25) is 0 Å². The predicted molar refractivity (Wildman–Crippen MR) is 194 cm³/mol. The number of carbonyl (C=O) groups excluding carboxylic acids is 1. The van der Waals surface area contributed by atoms with Crippen LogP contribution in [0.25, 0.3) is 16.6 Å². The van der Waals surface area contributed by atoms with Gasteiger partial charge in [0.25, 0.3) is 5.56 Å². The Balaban J connectivity index is 0.944. The molecule has 2 saturated carbocycles. The summed E-state index contributed by atoms with van der Waals surface area (Å²) in [6, 6.07) is 14.0. The minimum Gasteiger partial charge on any atom is -0.444 e. The van der Waals surface area contributed by atoms with Gasteiger partial charge in [0.1, 0.15) is 11.4 Å². The number of amides is 1. The van der Waals surface area contributed by atoms with E-state index in [1.165, 1.54) is 87.7 Å². The van der Waals surface area contributed by atoms with E-state index in [0.717, 1.165) is 54.6 Å². The molecule has 0 unspecified atom stereocenters. The van der Waals surface area contributed by atoms with Crippen LogP contribution in [-0.2, 0) is 10.2 Å². The van der Waals surface area contributed by atoms with Gasteiger partial charge in [0.15, 0.2) is 0 Å². The van der Waals surface area contributed by atoms with Gasteiger partial charge in [-0.3, -0.25) is 9.36 Å². The van der Waals surface area contributed by atoms with Gasteiger partial charge in [-0.15, -0.1) is 0 Å². The molecular formula is C40H51BrN4O3. The van der Waals surface area contributed by atoms with Gasteiger partial charge in [-0.2, -0.15) is 4.98 Å². The normalized spacial score (nSPS) is 23.0. The van der Waals surface area contributed by atoms with Crippen molar-refractivity contribution in [2.45, 2.75) is 127 Å². The number of likely N-dealkylation sites (tertiary alicyclic amines) is 2. The molecule has 256 valence electrons. The maximum absolute atomic E-state index is 13.4. The SMILES string of the molecule is CC(C)(C)OC(=O)N1CCC2(CCC(N3CCC(c4ccc5c(c4)C4(CCCCC4)c4nc(=O)c6c(Br)cccc6n4-5)CC3)CC2)CC1. The minimum atomic E-state index is -0.436. The first-order valence-corrected chi connectivity index (χ1v) is 19.4. The maximum atomic E-state index is 13.4. The van der Waals surface area contributed by atoms with Crippen molar-refractivity contribution in [2.24, 2.45) is 5.41 Å². The topological polar surface area (TPSA) is 67.7 Å². The van der Waals surface area contributed by atoms with Crippen LogP contribution in [-0.4, -0.2) is 63.3 Å². The fourth-order valence-corrected chi connectivity index (χ4v) is 10.6. The number of hydrogen-bond donors (Lipinski definition) is 0. The number of aromatic nitrogens is 2. The van der Waals surface area contributed by atoms with Crippen molar-refractivity contribution in [1.82, 2.24) is 19.4 Å². The lowest BCUT2D eigenvalue weighted by Gasteiger charge is -2.48. The van der Waals surface area contributed by atoms with Crippen molar-refractivity contribution < 1.29 is 9.53 Å². The van der Waals surface area contributed by atoms with E-state index in [-0.39, 0.29) is 17.1 Å². The van der Waals surface area contributed by atoms with Crippen LogP contribution in [0.1, 0.15) is 127 Å². The van der Waals surface area contributed by atoms with Gasteiger partial charge in [-0.05, 0) is 155 Å². The summed E-state index contributed by atoms with van der Waals surface area (Å²) < 4.78 is 8.77. The molecule has 1 amide bonds. The summed E-state index contributed by atoms with van der Waals surface area (Å²) in [7, 11) is 0. The van der Waals surface area contributed by atoms with Gasteiger partial charge in [0, 0.05) is 23.6 Å². The minimum absolute atomic E-state index is 0.117. The second-order valence-electron chi connectivity index (χ2n) is 16.6. The number of piperidine rings is 2. The molecule has 2 aliphatic carbocycles. The summed E-state index contributed by atoms with van der Waals surface area (Å²) in [5, 5.41) is 0.677. The first-order valence-electron chi connectivity index (χ1n) is 18.6. The van der Waals surface area contributed by atoms with Crippen LogP contribution in [0.15, 0.2) is 45.7 Å². The van der Waals surface area contributed by atoms with Crippen LogP contribution < -0.4 is 5.56 Å². The lowest BCUT2D eigenvalue weighted by atomic mass is 9.66. The lowest BCUT2D eigenvalue weighted by Crippen LogP contribution is -2.49. The molecule has 2 spiro atoms. The largest absolute Gasteiger partial charge is 0.444 e. The summed E-state index contributed by atoms with van der Waals surface area (Å²) in [6.45, 7) is 9.84. The van der Waals surface area contributed by atoms with E-state index in [4.69, 9.17) is 9.72 Å². The van der Waals surface area contributed by atoms with Crippen molar-refractivity contribution in [3.8, 4) is 5.69 Å². The third-order valence-corrected chi connectivity index (χ3v) is 13.4. The highest BCUT2D eigenvalue weighted by atomic mass is 79.9. The standard InChI is InChI=1S/C40H51BrN4O3/c1-38(2,3)48-37(47)44-24-20-39(21-25-44)18-12-29(13-19-39)43-22-14-27(15-23-43)28-10-11-32-30(26-28)40(16-5-4-6-17-40)36-42-35(46)34-31(41)8-7-9-33(34)45(32)36/h7-11,26-27,29H,4-6,12-25H2,1-3H3. The molecule has 8 heteroatoms. The Kier molecular flexibility index (Phi) is 8.30. The third-order valence-electron chi connectivity index (χ3n) is 12.8. The zero-order valence-electron chi connectivity index (χ0n) is 29.0. The number of ether oxygens (including phenoxy) is 1. The quantitative estimate of drug-likeness (QED) is 0.265. The lowest BCUT2D eigenvalue weighted by molar-refractivity contribution is -0.00401. The average Bonchev–Trinajstić information content (AvgIpc) is 3.33. The van der Waals surface area contributed by atoms with E-state index in [9.17, 15) is 9.59 Å². The number of hydrogen-bond acceptors (Lipinski definition) is 5. The Hall–Kier alpha value is -2.71. The number of benzene rings is 2. The second kappa shape index (κ2) is 12.3. The fourth-order valence-electron chi connectivity index (χ4n) is 10.1. The Morgan fingerprint density at radius 3 is 2.29 bits per heavy atom. The van der Waals surface area contributed by atoms with Crippen molar-refractivity contribution >= 4 is 32.9 Å². The van der Waals surface area contributed by atoms with Crippen molar-refractivity contribution in [2.75, 3.05) is 26.2 Å². The molecule has 2 saturated heterocycles. The molecule has 2 aromatic carbocycles. The molecule has 3 aliphatic heterocycles. The Labute approximate surface area is 293 Å². The van der Waals surface area contributed by atoms with Crippen LogP contribution in [0.3, 0.4) is 0 Å². The van der Waals surface area contributed by atoms with E-state index in [2.05, 4.69) is 49.7 Å². The maximum Gasteiger partial charge on any atom is 0.410 e. The number of carbonyl (C=O) groups is 1. The van der Waals surface area contributed by atoms with Gasteiger partial charge < -0.3 is 14.5 Å². The third kappa shape index (κ3) is 5.63. The Morgan fingerprint density at radius 1 is 0.896 bits per heavy atom. The van der Waals surface area contributed by atoms with E-state index in [0.29, 0.717) is 22.8 Å². The van der Waals surface area contributed by atoms with Crippen LogP contribution in [0, 0.1) is 5.41 Å². The molecule has 5 aliphatic rings. The molecule has 8 rings (SSSR count). The van der Waals surface area contributed by atoms with E-state index in [1.54, 1.807) is 0 Å². The van der Waals surface area contributed by atoms with Crippen molar-refractivity contribution in [3.05, 3.63) is 68.2 Å². The first kappa shape index (κ1) is 32.5. The highest BCUT2D eigenvalue weighted by Crippen LogP contribution is 2.53. The highest BCUT2D eigenvalue weighted by molar-refractivity contribution is 9.10. The van der Waals surface area contributed by atoms with E-state index in [1.807, 2.05) is 37.8 Å². The molecule has 0 atom stereocenters. The van der Waals surface area contributed by atoms with Crippen LogP contribution >= 0.6 is 15.9 Å². The molecular weight excluding hydrogens is 664 g/mol. The van der Waals surface area contributed by atoms with Gasteiger partial charge in [0.2, 0.25) is 0 Å². The molecule has 7 nitrogen and oxygen atoms in total. The monoisotopic (exact) mass is 714 g/mol. The summed E-state index contributed by atoms with van der Waals surface area (Å²) >= 11 is 3.64.